The van der Waals surface area contributed by atoms with E-state index >= 15 is 0 Å². The van der Waals surface area contributed by atoms with Gasteiger partial charge < -0.3 is 5.32 Å². The summed E-state index contributed by atoms with van der Waals surface area (Å²) in [6.45, 7) is 4.02. The Morgan fingerprint density at radius 3 is 2.86 bits per heavy atom. The van der Waals surface area contributed by atoms with Crippen molar-refractivity contribution in [1.82, 2.24) is 15.5 Å². The van der Waals surface area contributed by atoms with Crippen molar-refractivity contribution in [3.63, 3.8) is 0 Å². The van der Waals surface area contributed by atoms with Crippen LogP contribution in [-0.4, -0.2) is 29.2 Å². The number of anilines is 1. The molecule has 21 heavy (non-hydrogen) atoms. The zero-order valence-electron chi connectivity index (χ0n) is 11.9. The first kappa shape index (κ1) is 14.2. The molecule has 1 aliphatic heterocycles. The van der Waals surface area contributed by atoms with Gasteiger partial charge in [-0.1, -0.05) is 29.0 Å². The summed E-state index contributed by atoms with van der Waals surface area (Å²) in [7, 11) is 0. The van der Waals surface area contributed by atoms with Crippen LogP contribution in [0.1, 0.15) is 39.7 Å². The fourth-order valence-corrected chi connectivity index (χ4v) is 3.26. The summed E-state index contributed by atoms with van der Waals surface area (Å²) < 4.78 is 0. The fourth-order valence-electron chi connectivity index (χ4n) is 2.39. The average molecular weight is 302 g/mol. The van der Waals surface area contributed by atoms with Crippen LogP contribution in [0.5, 0.6) is 0 Å². The van der Waals surface area contributed by atoms with Crippen molar-refractivity contribution in [3.8, 4) is 0 Å². The van der Waals surface area contributed by atoms with Crippen LogP contribution in [0.15, 0.2) is 24.3 Å². The second kappa shape index (κ2) is 6.32. The Morgan fingerprint density at radius 2 is 2.14 bits per heavy atom. The van der Waals surface area contributed by atoms with Crippen molar-refractivity contribution in [1.29, 1.82) is 0 Å². The summed E-state index contributed by atoms with van der Waals surface area (Å²) in [6, 6.07) is 7.48. The predicted molar refractivity (Wildman–Crippen MR) is 83.9 cm³/mol. The number of hydrogen-bond donors (Lipinski definition) is 2. The van der Waals surface area contributed by atoms with E-state index in [9.17, 15) is 4.79 Å². The number of rotatable bonds is 3. The van der Waals surface area contributed by atoms with Crippen LogP contribution in [-0.2, 0) is 0 Å². The molecule has 1 fully saturated rings. The van der Waals surface area contributed by atoms with Crippen molar-refractivity contribution in [3.05, 3.63) is 40.4 Å². The smallest absolute Gasteiger partial charge is 0.257 e. The number of aromatic nitrogens is 2. The molecule has 5 nitrogen and oxygen atoms in total. The van der Waals surface area contributed by atoms with Gasteiger partial charge in [-0.15, -0.1) is 10.2 Å². The van der Waals surface area contributed by atoms with E-state index in [0.717, 1.165) is 36.5 Å². The number of piperidine rings is 1. The lowest BCUT2D eigenvalue weighted by atomic mass is 10.0. The molecular formula is C15H18N4OS. The first-order valence-electron chi connectivity index (χ1n) is 7.14. The third-order valence-electron chi connectivity index (χ3n) is 3.62. The van der Waals surface area contributed by atoms with E-state index in [4.69, 9.17) is 0 Å². The van der Waals surface area contributed by atoms with E-state index in [1.165, 1.54) is 11.3 Å². The molecule has 6 heteroatoms. The highest BCUT2D eigenvalue weighted by Gasteiger charge is 2.20. The van der Waals surface area contributed by atoms with Gasteiger partial charge in [0, 0.05) is 18.0 Å². The molecule has 0 saturated carbocycles. The molecule has 1 amide bonds. The number of nitrogens with zero attached hydrogens (tertiary/aromatic N) is 2. The minimum absolute atomic E-state index is 0.139. The molecule has 3 rings (SSSR count). The molecule has 1 unspecified atom stereocenters. The Morgan fingerprint density at radius 1 is 1.33 bits per heavy atom. The van der Waals surface area contributed by atoms with Crippen molar-refractivity contribution in [2.75, 3.05) is 18.4 Å². The average Bonchev–Trinajstić information content (AvgIpc) is 2.97. The van der Waals surface area contributed by atoms with Crippen molar-refractivity contribution >= 4 is 22.4 Å². The van der Waals surface area contributed by atoms with Crippen LogP contribution in [0, 0.1) is 6.92 Å². The molecule has 2 aromatic rings. The Kier molecular flexibility index (Phi) is 4.26. The standard InChI is InChI=1S/C15H18N4OS/c1-10-4-6-11(7-5-10)13(20)17-15-19-18-14(21-15)12-3-2-8-16-9-12/h4-7,12,16H,2-3,8-9H2,1H3,(H,17,19,20). The molecule has 1 aliphatic rings. The minimum Gasteiger partial charge on any atom is -0.316 e. The highest BCUT2D eigenvalue weighted by Crippen LogP contribution is 2.28. The van der Waals surface area contributed by atoms with Gasteiger partial charge in [-0.3, -0.25) is 10.1 Å². The normalized spacial score (nSPS) is 18.4. The number of carbonyl (C=O) groups is 1. The van der Waals surface area contributed by atoms with Crippen molar-refractivity contribution in [2.24, 2.45) is 0 Å². The van der Waals surface area contributed by atoms with Gasteiger partial charge in [-0.25, -0.2) is 0 Å². The first-order valence-corrected chi connectivity index (χ1v) is 7.96. The number of carbonyl (C=O) groups excluding carboxylic acids is 1. The lowest BCUT2D eigenvalue weighted by Crippen LogP contribution is -2.28. The van der Waals surface area contributed by atoms with Gasteiger partial charge in [0.2, 0.25) is 5.13 Å². The second-order valence-electron chi connectivity index (χ2n) is 5.31. The topological polar surface area (TPSA) is 66.9 Å². The molecule has 2 N–H and O–H groups in total. The second-order valence-corrected chi connectivity index (χ2v) is 6.32. The van der Waals surface area contributed by atoms with Gasteiger partial charge in [-0.2, -0.15) is 0 Å². The monoisotopic (exact) mass is 302 g/mol. The predicted octanol–water partition coefficient (Wildman–Crippen LogP) is 2.57. The molecule has 1 aromatic carbocycles. The van der Waals surface area contributed by atoms with E-state index < -0.39 is 0 Å². The van der Waals surface area contributed by atoms with Crippen molar-refractivity contribution in [2.45, 2.75) is 25.7 Å². The minimum atomic E-state index is -0.139. The molecule has 0 spiro atoms. The Labute approximate surface area is 127 Å². The molecule has 110 valence electrons. The maximum atomic E-state index is 12.1. The van der Waals surface area contributed by atoms with Gasteiger partial charge in [0.1, 0.15) is 5.01 Å². The van der Waals surface area contributed by atoms with E-state index in [1.54, 1.807) is 0 Å². The molecule has 0 bridgehead atoms. The Bertz CT molecular complexity index is 617. The highest BCUT2D eigenvalue weighted by molar-refractivity contribution is 7.15. The third-order valence-corrected chi connectivity index (χ3v) is 4.62. The molecule has 1 atom stereocenters. The van der Waals surface area contributed by atoms with Gasteiger partial charge in [0.25, 0.3) is 5.91 Å². The molecule has 0 aliphatic carbocycles. The Balaban J connectivity index is 1.66. The van der Waals surface area contributed by atoms with Gasteiger partial charge in [0.05, 0.1) is 0 Å². The molecule has 1 aromatic heterocycles. The van der Waals surface area contributed by atoms with E-state index in [1.807, 2.05) is 31.2 Å². The van der Waals surface area contributed by atoms with E-state index in [0.29, 0.717) is 16.6 Å². The van der Waals surface area contributed by atoms with Crippen LogP contribution in [0.4, 0.5) is 5.13 Å². The number of aryl methyl sites for hydroxylation is 1. The number of nitrogens with one attached hydrogen (secondary N) is 2. The number of hydrogen-bond acceptors (Lipinski definition) is 5. The summed E-state index contributed by atoms with van der Waals surface area (Å²) in [5.74, 6) is 0.278. The van der Waals surface area contributed by atoms with Crippen LogP contribution in [0.3, 0.4) is 0 Å². The number of benzene rings is 1. The van der Waals surface area contributed by atoms with Crippen LogP contribution in [0.25, 0.3) is 0 Å². The van der Waals surface area contributed by atoms with E-state index in [-0.39, 0.29) is 5.91 Å². The van der Waals surface area contributed by atoms with Gasteiger partial charge >= 0.3 is 0 Å². The quantitative estimate of drug-likeness (QED) is 0.914. The van der Waals surface area contributed by atoms with Crippen molar-refractivity contribution < 1.29 is 4.79 Å². The van der Waals surface area contributed by atoms with E-state index in [2.05, 4.69) is 20.8 Å². The summed E-state index contributed by atoms with van der Waals surface area (Å²) in [6.07, 6.45) is 2.29. The summed E-state index contributed by atoms with van der Waals surface area (Å²) in [5.41, 5.74) is 1.77. The molecule has 1 saturated heterocycles. The fraction of sp³-hybridized carbons (Fsp3) is 0.400. The highest BCUT2D eigenvalue weighted by atomic mass is 32.1. The zero-order valence-corrected chi connectivity index (χ0v) is 12.7. The van der Waals surface area contributed by atoms with Crippen LogP contribution < -0.4 is 10.6 Å². The summed E-state index contributed by atoms with van der Waals surface area (Å²) in [4.78, 5) is 12.1. The lowest BCUT2D eigenvalue weighted by Gasteiger charge is -2.19. The van der Waals surface area contributed by atoms with Crippen LogP contribution >= 0.6 is 11.3 Å². The zero-order chi connectivity index (χ0) is 14.7. The van der Waals surface area contributed by atoms with Gasteiger partial charge in [-0.05, 0) is 38.4 Å². The first-order chi connectivity index (χ1) is 10.2. The third kappa shape index (κ3) is 3.46. The molecule has 0 radical (unpaired) electrons. The molecule has 2 heterocycles. The van der Waals surface area contributed by atoms with Crippen LogP contribution in [0.2, 0.25) is 0 Å². The SMILES string of the molecule is Cc1ccc(C(=O)Nc2nnc(C3CCCNC3)s2)cc1. The lowest BCUT2D eigenvalue weighted by molar-refractivity contribution is 0.102. The maximum Gasteiger partial charge on any atom is 0.257 e. The largest absolute Gasteiger partial charge is 0.316 e. The maximum absolute atomic E-state index is 12.1. The summed E-state index contributed by atoms with van der Waals surface area (Å²) >= 11 is 1.47. The summed E-state index contributed by atoms with van der Waals surface area (Å²) in [5, 5.41) is 16.1. The Hall–Kier alpha value is -1.79. The van der Waals surface area contributed by atoms with Gasteiger partial charge in [0.15, 0.2) is 0 Å². The molecular weight excluding hydrogens is 284 g/mol. The number of amides is 1.